The molecule has 5 nitrogen and oxygen atoms in total. The molecule has 1 aliphatic carbocycles. The standard InChI is InChI=1S/C16H22BrN3O2/c1-10-7-13(5-6-14(10)17)20-15(21)9-19-16(22)11-3-2-4-12(18)8-11/h5-7,11-12H,2-4,8-9,18H2,1H3,(H,19,22)(H,20,21). The third-order valence-corrected chi connectivity index (χ3v) is 4.84. The van der Waals surface area contributed by atoms with E-state index in [0.29, 0.717) is 6.42 Å². The highest BCUT2D eigenvalue weighted by Crippen LogP contribution is 2.23. The van der Waals surface area contributed by atoms with Crippen molar-refractivity contribution < 1.29 is 9.59 Å². The van der Waals surface area contributed by atoms with Crippen molar-refractivity contribution in [3.63, 3.8) is 0 Å². The molecule has 0 heterocycles. The number of aryl methyl sites for hydroxylation is 1. The van der Waals surface area contributed by atoms with E-state index < -0.39 is 0 Å². The number of carbonyl (C=O) groups excluding carboxylic acids is 2. The normalized spacial score (nSPS) is 21.2. The Morgan fingerprint density at radius 1 is 1.36 bits per heavy atom. The summed E-state index contributed by atoms with van der Waals surface area (Å²) in [5.41, 5.74) is 7.65. The average Bonchev–Trinajstić information content (AvgIpc) is 2.48. The van der Waals surface area contributed by atoms with Crippen molar-refractivity contribution in [3.05, 3.63) is 28.2 Å². The van der Waals surface area contributed by atoms with Crippen molar-refractivity contribution in [2.24, 2.45) is 11.7 Å². The van der Waals surface area contributed by atoms with Gasteiger partial charge in [-0.25, -0.2) is 0 Å². The van der Waals surface area contributed by atoms with Crippen LogP contribution in [0.1, 0.15) is 31.2 Å². The monoisotopic (exact) mass is 367 g/mol. The molecule has 0 radical (unpaired) electrons. The SMILES string of the molecule is Cc1cc(NC(=O)CNC(=O)C2CCCC(N)C2)ccc1Br. The zero-order chi connectivity index (χ0) is 16.1. The van der Waals surface area contributed by atoms with Crippen molar-refractivity contribution in [2.75, 3.05) is 11.9 Å². The van der Waals surface area contributed by atoms with E-state index in [2.05, 4.69) is 26.6 Å². The predicted octanol–water partition coefficient (Wildman–Crippen LogP) is 2.33. The largest absolute Gasteiger partial charge is 0.347 e. The van der Waals surface area contributed by atoms with Crippen LogP contribution in [-0.4, -0.2) is 24.4 Å². The molecular formula is C16H22BrN3O2. The number of benzene rings is 1. The quantitative estimate of drug-likeness (QED) is 0.763. The molecule has 2 unspecified atom stereocenters. The van der Waals surface area contributed by atoms with Crippen molar-refractivity contribution >= 4 is 33.4 Å². The van der Waals surface area contributed by atoms with Gasteiger partial charge in [0.05, 0.1) is 6.54 Å². The third kappa shape index (κ3) is 4.81. The van der Waals surface area contributed by atoms with E-state index in [1.165, 1.54) is 0 Å². The van der Waals surface area contributed by atoms with E-state index in [-0.39, 0.29) is 30.3 Å². The number of rotatable bonds is 4. The Hall–Kier alpha value is -1.40. The van der Waals surface area contributed by atoms with E-state index >= 15 is 0 Å². The number of halogens is 1. The maximum absolute atomic E-state index is 12.0. The fraction of sp³-hybridized carbons (Fsp3) is 0.500. The number of nitrogens with one attached hydrogen (secondary N) is 2. The summed E-state index contributed by atoms with van der Waals surface area (Å²) < 4.78 is 0.993. The number of hydrogen-bond acceptors (Lipinski definition) is 3. The van der Waals surface area contributed by atoms with Crippen LogP contribution < -0.4 is 16.4 Å². The first-order valence-electron chi connectivity index (χ1n) is 7.55. The highest BCUT2D eigenvalue weighted by molar-refractivity contribution is 9.10. The Bertz CT molecular complexity index is 562. The number of hydrogen-bond donors (Lipinski definition) is 3. The molecule has 120 valence electrons. The molecule has 2 atom stereocenters. The Labute approximate surface area is 139 Å². The van der Waals surface area contributed by atoms with Crippen LogP contribution in [0.25, 0.3) is 0 Å². The minimum atomic E-state index is -0.227. The summed E-state index contributed by atoms with van der Waals surface area (Å²) in [7, 11) is 0. The van der Waals surface area contributed by atoms with E-state index in [4.69, 9.17) is 5.73 Å². The molecule has 0 aromatic heterocycles. The van der Waals surface area contributed by atoms with Crippen molar-refractivity contribution in [1.82, 2.24) is 5.32 Å². The molecule has 0 bridgehead atoms. The first-order chi connectivity index (χ1) is 10.5. The zero-order valence-electron chi connectivity index (χ0n) is 12.7. The fourth-order valence-electron chi connectivity index (χ4n) is 2.71. The van der Waals surface area contributed by atoms with Gasteiger partial charge in [0.15, 0.2) is 0 Å². The Morgan fingerprint density at radius 2 is 2.14 bits per heavy atom. The summed E-state index contributed by atoms with van der Waals surface area (Å²) in [6.07, 6.45) is 3.52. The van der Waals surface area contributed by atoms with Crippen LogP contribution >= 0.6 is 15.9 Å². The second-order valence-electron chi connectivity index (χ2n) is 5.85. The molecule has 1 aliphatic rings. The van der Waals surface area contributed by atoms with Crippen LogP contribution in [0.2, 0.25) is 0 Å². The Kier molecular flexibility index (Phi) is 5.97. The van der Waals surface area contributed by atoms with Gasteiger partial charge in [-0.2, -0.15) is 0 Å². The van der Waals surface area contributed by atoms with E-state index in [9.17, 15) is 9.59 Å². The summed E-state index contributed by atoms with van der Waals surface area (Å²) in [6, 6.07) is 5.68. The number of anilines is 1. The van der Waals surface area contributed by atoms with Gasteiger partial charge in [0.1, 0.15) is 0 Å². The fourth-order valence-corrected chi connectivity index (χ4v) is 2.95. The van der Waals surface area contributed by atoms with Gasteiger partial charge in [0.2, 0.25) is 11.8 Å². The van der Waals surface area contributed by atoms with Crippen molar-refractivity contribution in [3.8, 4) is 0 Å². The van der Waals surface area contributed by atoms with Crippen LogP contribution in [0, 0.1) is 12.8 Å². The zero-order valence-corrected chi connectivity index (χ0v) is 14.3. The molecule has 1 fully saturated rings. The van der Waals surface area contributed by atoms with Gasteiger partial charge < -0.3 is 16.4 Å². The van der Waals surface area contributed by atoms with Crippen molar-refractivity contribution in [2.45, 2.75) is 38.6 Å². The van der Waals surface area contributed by atoms with E-state index in [0.717, 1.165) is 35.0 Å². The third-order valence-electron chi connectivity index (χ3n) is 3.95. The molecule has 0 aliphatic heterocycles. The van der Waals surface area contributed by atoms with Gasteiger partial charge in [-0.1, -0.05) is 22.4 Å². The van der Waals surface area contributed by atoms with E-state index in [1.807, 2.05) is 25.1 Å². The number of amides is 2. The number of nitrogens with two attached hydrogens (primary N) is 1. The lowest BCUT2D eigenvalue weighted by Crippen LogP contribution is -2.40. The van der Waals surface area contributed by atoms with Crippen LogP contribution in [0.5, 0.6) is 0 Å². The first-order valence-corrected chi connectivity index (χ1v) is 8.34. The molecule has 1 aromatic rings. The van der Waals surface area contributed by atoms with Gasteiger partial charge in [-0.15, -0.1) is 0 Å². The first kappa shape index (κ1) is 17.0. The molecule has 4 N–H and O–H groups in total. The van der Waals surface area contributed by atoms with Gasteiger partial charge >= 0.3 is 0 Å². The van der Waals surface area contributed by atoms with Crippen LogP contribution in [-0.2, 0) is 9.59 Å². The van der Waals surface area contributed by atoms with Gasteiger partial charge in [-0.3, -0.25) is 9.59 Å². The maximum Gasteiger partial charge on any atom is 0.243 e. The lowest BCUT2D eigenvalue weighted by Gasteiger charge is -2.25. The van der Waals surface area contributed by atoms with Crippen LogP contribution in [0.3, 0.4) is 0 Å². The molecule has 2 amide bonds. The lowest BCUT2D eigenvalue weighted by atomic mass is 9.85. The van der Waals surface area contributed by atoms with Gasteiger partial charge in [0, 0.05) is 22.1 Å². The van der Waals surface area contributed by atoms with Crippen LogP contribution in [0.4, 0.5) is 5.69 Å². The molecule has 1 aromatic carbocycles. The molecule has 0 spiro atoms. The molecule has 22 heavy (non-hydrogen) atoms. The number of carbonyl (C=O) groups is 2. The summed E-state index contributed by atoms with van der Waals surface area (Å²) in [6.45, 7) is 1.94. The smallest absolute Gasteiger partial charge is 0.243 e. The van der Waals surface area contributed by atoms with E-state index in [1.54, 1.807) is 0 Å². The summed E-state index contributed by atoms with van der Waals surface area (Å²) >= 11 is 3.41. The molecular weight excluding hydrogens is 346 g/mol. The second kappa shape index (κ2) is 7.74. The summed E-state index contributed by atoms with van der Waals surface area (Å²) in [5, 5.41) is 5.48. The van der Waals surface area contributed by atoms with Crippen LogP contribution in [0.15, 0.2) is 22.7 Å². The molecule has 0 saturated heterocycles. The molecule has 6 heteroatoms. The second-order valence-corrected chi connectivity index (χ2v) is 6.71. The highest BCUT2D eigenvalue weighted by atomic mass is 79.9. The van der Waals surface area contributed by atoms with Crippen molar-refractivity contribution in [1.29, 1.82) is 0 Å². The minimum Gasteiger partial charge on any atom is -0.347 e. The highest BCUT2D eigenvalue weighted by Gasteiger charge is 2.25. The Morgan fingerprint density at radius 3 is 2.82 bits per heavy atom. The summed E-state index contributed by atoms with van der Waals surface area (Å²) in [5.74, 6) is -0.362. The van der Waals surface area contributed by atoms with Gasteiger partial charge in [-0.05, 0) is 49.9 Å². The lowest BCUT2D eigenvalue weighted by molar-refractivity contribution is -0.128. The average molecular weight is 368 g/mol. The van der Waals surface area contributed by atoms with Gasteiger partial charge in [0.25, 0.3) is 0 Å². The Balaban J connectivity index is 1.79. The molecule has 2 rings (SSSR count). The topological polar surface area (TPSA) is 84.2 Å². The molecule has 1 saturated carbocycles. The summed E-state index contributed by atoms with van der Waals surface area (Å²) in [4.78, 5) is 23.9. The maximum atomic E-state index is 12.0. The minimum absolute atomic E-state index is 0.0142. The predicted molar refractivity (Wildman–Crippen MR) is 90.5 cm³/mol.